The fourth-order valence-corrected chi connectivity index (χ4v) is 3.11. The molecule has 7 heteroatoms. The van der Waals surface area contributed by atoms with Crippen LogP contribution in [0, 0.1) is 6.92 Å². The number of benzene rings is 1. The second-order valence-corrected chi connectivity index (χ2v) is 6.09. The van der Waals surface area contributed by atoms with Gasteiger partial charge < -0.3 is 14.0 Å². The molecule has 2 aromatic rings. The lowest BCUT2D eigenvalue weighted by Crippen LogP contribution is -2.15. The molecule has 6 nitrogen and oxygen atoms in total. The molecule has 0 fully saturated rings. The van der Waals surface area contributed by atoms with E-state index in [1.165, 1.54) is 0 Å². The number of carbonyl (C=O) groups is 2. The van der Waals surface area contributed by atoms with E-state index >= 15 is 0 Å². The van der Waals surface area contributed by atoms with Gasteiger partial charge in [-0.05, 0) is 31.5 Å². The molecule has 0 radical (unpaired) electrons. The Bertz CT molecular complexity index is 803. The van der Waals surface area contributed by atoms with Crippen LogP contribution in [-0.4, -0.2) is 30.2 Å². The number of esters is 1. The third-order valence-corrected chi connectivity index (χ3v) is 4.72. The minimum absolute atomic E-state index is 0.190. The lowest BCUT2D eigenvalue weighted by molar-refractivity contribution is -0.117. The van der Waals surface area contributed by atoms with E-state index in [1.54, 1.807) is 44.7 Å². The van der Waals surface area contributed by atoms with Crippen molar-refractivity contribution in [1.29, 1.82) is 0 Å². The number of amides is 1. The largest absolute Gasteiger partial charge is 0.497 e. The number of rotatable bonds is 5. The molecule has 1 aromatic carbocycles. The highest BCUT2D eigenvalue weighted by Crippen LogP contribution is 2.13. The summed E-state index contributed by atoms with van der Waals surface area (Å²) in [4.78, 5) is 29.2. The van der Waals surface area contributed by atoms with Gasteiger partial charge in [-0.3, -0.25) is 4.79 Å². The van der Waals surface area contributed by atoms with Crippen molar-refractivity contribution in [2.75, 3.05) is 13.7 Å². The quantitative estimate of drug-likeness (QED) is 0.777. The molecule has 0 spiro atoms. The average Bonchev–Trinajstić information content (AvgIpc) is 2.84. The van der Waals surface area contributed by atoms with Gasteiger partial charge in [-0.25, -0.2) is 4.79 Å². The van der Waals surface area contributed by atoms with E-state index in [2.05, 4.69) is 4.99 Å². The van der Waals surface area contributed by atoms with E-state index < -0.39 is 0 Å². The summed E-state index contributed by atoms with van der Waals surface area (Å²) < 4.78 is 11.8. The van der Waals surface area contributed by atoms with Crippen molar-refractivity contribution in [1.82, 2.24) is 4.57 Å². The van der Waals surface area contributed by atoms with Crippen LogP contribution in [0.25, 0.3) is 0 Å². The number of nitrogens with zero attached hydrogens (tertiary/aromatic N) is 2. The normalized spacial score (nSPS) is 11.4. The van der Waals surface area contributed by atoms with Crippen molar-refractivity contribution in [3.8, 4) is 5.75 Å². The summed E-state index contributed by atoms with van der Waals surface area (Å²) in [6, 6.07) is 7.26. The van der Waals surface area contributed by atoms with Gasteiger partial charge in [0.2, 0.25) is 0 Å². The van der Waals surface area contributed by atoms with Crippen LogP contribution < -0.4 is 9.54 Å². The van der Waals surface area contributed by atoms with E-state index in [-0.39, 0.29) is 18.3 Å². The van der Waals surface area contributed by atoms with E-state index in [1.807, 2.05) is 12.1 Å². The maximum absolute atomic E-state index is 12.2. The molecule has 0 bridgehead atoms. The van der Waals surface area contributed by atoms with Gasteiger partial charge in [0.1, 0.15) is 10.6 Å². The number of thiazole rings is 1. The first-order valence-electron chi connectivity index (χ1n) is 7.50. The van der Waals surface area contributed by atoms with Gasteiger partial charge in [0.25, 0.3) is 5.91 Å². The van der Waals surface area contributed by atoms with Gasteiger partial charge in [0.15, 0.2) is 4.80 Å². The minimum atomic E-state index is -0.389. The molecule has 0 saturated carbocycles. The van der Waals surface area contributed by atoms with Crippen LogP contribution in [-0.2, 0) is 23.0 Å². The van der Waals surface area contributed by atoms with Crippen molar-refractivity contribution in [3.63, 3.8) is 0 Å². The van der Waals surface area contributed by atoms with E-state index in [0.29, 0.717) is 16.3 Å². The Labute approximate surface area is 144 Å². The van der Waals surface area contributed by atoms with Crippen molar-refractivity contribution in [2.24, 2.45) is 12.0 Å². The highest BCUT2D eigenvalue weighted by Gasteiger charge is 2.16. The second kappa shape index (κ2) is 7.92. The highest BCUT2D eigenvalue weighted by molar-refractivity contribution is 7.11. The third kappa shape index (κ3) is 4.11. The van der Waals surface area contributed by atoms with Crippen molar-refractivity contribution >= 4 is 23.2 Å². The molecule has 0 aliphatic carbocycles. The molecule has 1 aromatic heterocycles. The third-order valence-electron chi connectivity index (χ3n) is 3.51. The monoisotopic (exact) mass is 348 g/mol. The molecule has 0 N–H and O–H groups in total. The Morgan fingerprint density at radius 3 is 2.50 bits per heavy atom. The van der Waals surface area contributed by atoms with Crippen LogP contribution in [0.2, 0.25) is 0 Å². The van der Waals surface area contributed by atoms with Gasteiger partial charge in [-0.15, -0.1) is 0 Å². The zero-order valence-corrected chi connectivity index (χ0v) is 15.0. The lowest BCUT2D eigenvalue weighted by atomic mass is 10.1. The van der Waals surface area contributed by atoms with Crippen LogP contribution in [0.4, 0.5) is 0 Å². The number of hydrogen-bond donors (Lipinski definition) is 0. The molecule has 0 unspecified atom stereocenters. The van der Waals surface area contributed by atoms with Crippen molar-refractivity contribution in [2.45, 2.75) is 20.3 Å². The topological polar surface area (TPSA) is 69.9 Å². The molecular formula is C17H20N2O4S. The molecule has 0 atom stereocenters. The zero-order valence-electron chi connectivity index (χ0n) is 14.2. The Kier molecular flexibility index (Phi) is 5.92. The first kappa shape index (κ1) is 17.9. The Balaban J connectivity index is 2.22. The van der Waals surface area contributed by atoms with Gasteiger partial charge in [0, 0.05) is 12.7 Å². The van der Waals surface area contributed by atoms with Crippen LogP contribution in [0.5, 0.6) is 5.75 Å². The van der Waals surface area contributed by atoms with E-state index in [4.69, 9.17) is 9.47 Å². The van der Waals surface area contributed by atoms with Gasteiger partial charge in [-0.1, -0.05) is 23.5 Å². The van der Waals surface area contributed by atoms with Crippen LogP contribution >= 0.6 is 11.3 Å². The molecular weight excluding hydrogens is 328 g/mol. The predicted molar refractivity (Wildman–Crippen MR) is 91.3 cm³/mol. The number of carbonyl (C=O) groups excluding carboxylic acids is 2. The molecule has 0 aliphatic rings. The fourth-order valence-electron chi connectivity index (χ4n) is 2.08. The summed E-state index contributed by atoms with van der Waals surface area (Å²) in [6.07, 6.45) is 0.190. The lowest BCUT2D eigenvalue weighted by Gasteiger charge is -2.01. The van der Waals surface area contributed by atoms with Crippen LogP contribution in [0.3, 0.4) is 0 Å². The Morgan fingerprint density at radius 2 is 1.92 bits per heavy atom. The first-order valence-corrected chi connectivity index (χ1v) is 8.32. The molecule has 0 aliphatic heterocycles. The summed E-state index contributed by atoms with van der Waals surface area (Å²) in [5.74, 6) is 0.0783. The minimum Gasteiger partial charge on any atom is -0.497 e. The van der Waals surface area contributed by atoms with Gasteiger partial charge in [0.05, 0.1) is 20.1 Å². The van der Waals surface area contributed by atoms with Gasteiger partial charge >= 0.3 is 5.97 Å². The summed E-state index contributed by atoms with van der Waals surface area (Å²) in [5, 5.41) is 0. The fraction of sp³-hybridized carbons (Fsp3) is 0.353. The molecule has 24 heavy (non-hydrogen) atoms. The Morgan fingerprint density at radius 1 is 1.25 bits per heavy atom. The molecule has 2 rings (SSSR count). The number of methoxy groups -OCH3 is 1. The molecule has 0 saturated heterocycles. The smallest absolute Gasteiger partial charge is 0.350 e. The summed E-state index contributed by atoms with van der Waals surface area (Å²) >= 11 is 1.16. The predicted octanol–water partition coefficient (Wildman–Crippen LogP) is 2.25. The van der Waals surface area contributed by atoms with Crippen LogP contribution in [0.15, 0.2) is 29.3 Å². The SMILES string of the molecule is CCOC(=O)c1sc(=NC(=O)Cc2ccc(OC)cc2)n(C)c1C. The molecule has 1 amide bonds. The maximum Gasteiger partial charge on any atom is 0.350 e. The summed E-state index contributed by atoms with van der Waals surface area (Å²) in [7, 11) is 3.36. The Hall–Kier alpha value is -2.41. The number of hydrogen-bond acceptors (Lipinski definition) is 5. The first-order chi connectivity index (χ1) is 11.5. The zero-order chi connectivity index (χ0) is 17.7. The molecule has 128 valence electrons. The molecule has 1 heterocycles. The highest BCUT2D eigenvalue weighted by atomic mass is 32.1. The number of aromatic nitrogens is 1. The van der Waals surface area contributed by atoms with Crippen molar-refractivity contribution < 1.29 is 19.1 Å². The maximum atomic E-state index is 12.2. The standard InChI is InChI=1S/C17H20N2O4S/c1-5-23-16(21)15-11(2)19(3)17(24-15)18-14(20)10-12-6-8-13(22-4)9-7-12/h6-9H,5,10H2,1-4H3. The van der Waals surface area contributed by atoms with Gasteiger partial charge in [-0.2, -0.15) is 4.99 Å². The van der Waals surface area contributed by atoms with Crippen molar-refractivity contribution in [3.05, 3.63) is 45.2 Å². The van der Waals surface area contributed by atoms with E-state index in [9.17, 15) is 9.59 Å². The summed E-state index contributed by atoms with van der Waals surface area (Å²) in [6.45, 7) is 3.86. The summed E-state index contributed by atoms with van der Waals surface area (Å²) in [5.41, 5.74) is 1.58. The van der Waals surface area contributed by atoms with E-state index in [0.717, 1.165) is 28.3 Å². The second-order valence-electron chi connectivity index (χ2n) is 5.11. The number of ether oxygens (including phenoxy) is 2. The average molecular weight is 348 g/mol. The van der Waals surface area contributed by atoms with Crippen LogP contribution in [0.1, 0.15) is 27.9 Å².